The molecule has 3 rings (SSSR count). The van der Waals surface area contributed by atoms with Crippen molar-refractivity contribution in [1.82, 2.24) is 10.5 Å². The van der Waals surface area contributed by atoms with Gasteiger partial charge in [-0.2, -0.15) is 0 Å². The molecule has 1 amide bonds. The zero-order valence-corrected chi connectivity index (χ0v) is 10.2. The minimum atomic E-state index is -0.186. The molecule has 0 aliphatic heterocycles. The summed E-state index contributed by atoms with van der Waals surface area (Å²) in [5, 5.41) is 0.896. The number of aromatic nitrogens is 1. The van der Waals surface area contributed by atoms with E-state index in [1.54, 1.807) is 0 Å². The van der Waals surface area contributed by atoms with Crippen LogP contribution in [0, 0.1) is 0 Å². The Morgan fingerprint density at radius 1 is 1.33 bits per heavy atom. The van der Waals surface area contributed by atoms with Gasteiger partial charge in [-0.25, -0.2) is 5.48 Å². The van der Waals surface area contributed by atoms with Gasteiger partial charge in [-0.1, -0.05) is 18.2 Å². The molecule has 1 aromatic heterocycles. The second-order valence-corrected chi connectivity index (χ2v) is 4.42. The van der Waals surface area contributed by atoms with Gasteiger partial charge >= 0.3 is 0 Å². The topological polar surface area (TPSA) is 51.2 Å². The number of fused-ring (bicyclic) bond motifs is 2. The summed E-state index contributed by atoms with van der Waals surface area (Å²) in [6.45, 7) is 0. The fourth-order valence-electron chi connectivity index (χ4n) is 2.61. The van der Waals surface area contributed by atoms with Crippen LogP contribution < -0.4 is 5.48 Å². The summed E-state index contributed by atoms with van der Waals surface area (Å²) in [5.74, 6) is -0.186. The molecule has 1 heterocycles. The predicted octanol–water partition coefficient (Wildman–Crippen LogP) is 2.01. The molecule has 4 nitrogen and oxygen atoms in total. The highest BCUT2D eigenvalue weighted by Crippen LogP contribution is 2.29. The van der Waals surface area contributed by atoms with Crippen LogP contribution in [0.25, 0.3) is 10.9 Å². The molecule has 0 fully saturated rings. The highest BCUT2D eigenvalue weighted by atomic mass is 16.6. The molecule has 1 aromatic carbocycles. The molecule has 4 heteroatoms. The van der Waals surface area contributed by atoms with E-state index < -0.39 is 0 Å². The zero-order chi connectivity index (χ0) is 12.5. The average Bonchev–Trinajstić information content (AvgIpc) is 2.83. The number of benzene rings is 1. The van der Waals surface area contributed by atoms with Gasteiger partial charge in [-0.3, -0.25) is 14.6 Å². The molecular weight excluding hydrogens is 228 g/mol. The maximum Gasteiger partial charge on any atom is 0.275 e. The molecule has 0 saturated carbocycles. The Balaban J connectivity index is 2.29. The summed E-state index contributed by atoms with van der Waals surface area (Å²) < 4.78 is 0. The lowest BCUT2D eigenvalue weighted by Gasteiger charge is -2.11. The molecule has 0 bridgehead atoms. The molecular formula is C14H14N2O2. The van der Waals surface area contributed by atoms with E-state index in [1.165, 1.54) is 7.11 Å². The van der Waals surface area contributed by atoms with Gasteiger partial charge in [0.05, 0.1) is 18.2 Å². The van der Waals surface area contributed by atoms with Crippen LogP contribution in [-0.4, -0.2) is 18.0 Å². The molecule has 0 unspecified atom stereocenters. The number of aryl methyl sites for hydroxylation is 1. The number of carbonyl (C=O) groups excluding carboxylic acids is 1. The number of hydroxylamine groups is 1. The van der Waals surface area contributed by atoms with Crippen LogP contribution in [0.5, 0.6) is 0 Å². The number of nitrogens with one attached hydrogen (secondary N) is 1. The molecule has 0 spiro atoms. The monoisotopic (exact) mass is 242 g/mol. The summed E-state index contributed by atoms with van der Waals surface area (Å²) in [5.41, 5.74) is 6.13. The van der Waals surface area contributed by atoms with Gasteiger partial charge in [-0.05, 0) is 30.9 Å². The maximum absolute atomic E-state index is 12.2. The van der Waals surface area contributed by atoms with Gasteiger partial charge in [-0.15, -0.1) is 0 Å². The standard InChI is InChI=1S/C14H14N2O2/c1-18-16-14(17)13-9-5-2-3-7-11(9)15-12-8-4-6-10(12)13/h2-3,5,7H,4,6,8H2,1H3,(H,16,17). The van der Waals surface area contributed by atoms with Crippen LogP contribution >= 0.6 is 0 Å². The summed E-state index contributed by atoms with van der Waals surface area (Å²) in [6.07, 6.45) is 2.93. The van der Waals surface area contributed by atoms with E-state index >= 15 is 0 Å². The molecule has 18 heavy (non-hydrogen) atoms. The largest absolute Gasteiger partial charge is 0.277 e. The van der Waals surface area contributed by atoms with Crippen molar-refractivity contribution in [2.45, 2.75) is 19.3 Å². The van der Waals surface area contributed by atoms with Crippen LogP contribution in [-0.2, 0) is 17.7 Å². The van der Waals surface area contributed by atoms with Gasteiger partial charge in [0.15, 0.2) is 0 Å². The third-order valence-corrected chi connectivity index (χ3v) is 3.34. The highest BCUT2D eigenvalue weighted by Gasteiger charge is 2.23. The number of hydrogen-bond donors (Lipinski definition) is 1. The van der Waals surface area contributed by atoms with Gasteiger partial charge in [0.1, 0.15) is 0 Å². The number of para-hydroxylation sites is 1. The molecule has 0 saturated heterocycles. The van der Waals surface area contributed by atoms with Crippen LogP contribution in [0.15, 0.2) is 24.3 Å². The fraction of sp³-hybridized carbons (Fsp3) is 0.286. The first-order valence-corrected chi connectivity index (χ1v) is 6.05. The molecule has 1 aliphatic carbocycles. The second-order valence-electron chi connectivity index (χ2n) is 4.42. The smallest absolute Gasteiger partial charge is 0.275 e. The summed E-state index contributed by atoms with van der Waals surface area (Å²) >= 11 is 0. The minimum absolute atomic E-state index is 0.186. The quantitative estimate of drug-likeness (QED) is 0.820. The molecule has 92 valence electrons. The van der Waals surface area contributed by atoms with Gasteiger partial charge in [0.25, 0.3) is 5.91 Å². The molecule has 1 aliphatic rings. The van der Waals surface area contributed by atoms with Crippen molar-refractivity contribution in [2.75, 3.05) is 7.11 Å². The Hall–Kier alpha value is -1.94. The van der Waals surface area contributed by atoms with Gasteiger partial charge in [0, 0.05) is 11.1 Å². The van der Waals surface area contributed by atoms with Crippen LogP contribution in [0.4, 0.5) is 0 Å². The maximum atomic E-state index is 12.2. The average molecular weight is 242 g/mol. The van der Waals surface area contributed by atoms with Crippen LogP contribution in [0.2, 0.25) is 0 Å². The van der Waals surface area contributed by atoms with Crippen molar-refractivity contribution in [1.29, 1.82) is 0 Å². The SMILES string of the molecule is CONC(=O)c1c2c(nc3ccccc13)CCC2. The minimum Gasteiger partial charge on any atom is -0.277 e. The molecule has 1 N–H and O–H groups in total. The Labute approximate surface area is 105 Å². The Morgan fingerprint density at radius 3 is 3.00 bits per heavy atom. The first-order valence-electron chi connectivity index (χ1n) is 6.05. The molecule has 0 atom stereocenters. The van der Waals surface area contributed by atoms with Crippen molar-refractivity contribution in [3.63, 3.8) is 0 Å². The van der Waals surface area contributed by atoms with E-state index in [-0.39, 0.29) is 5.91 Å². The van der Waals surface area contributed by atoms with Gasteiger partial charge < -0.3 is 0 Å². The lowest BCUT2D eigenvalue weighted by atomic mass is 10.0. The number of carbonyl (C=O) groups is 1. The lowest BCUT2D eigenvalue weighted by molar-refractivity contribution is 0.0538. The van der Waals surface area contributed by atoms with E-state index in [9.17, 15) is 4.79 Å². The van der Waals surface area contributed by atoms with E-state index in [0.717, 1.165) is 47.0 Å². The number of pyridine rings is 1. The first kappa shape index (κ1) is 11.2. The number of amides is 1. The third-order valence-electron chi connectivity index (χ3n) is 3.34. The third kappa shape index (κ3) is 1.66. The fourth-order valence-corrected chi connectivity index (χ4v) is 2.61. The van der Waals surface area contributed by atoms with E-state index in [0.29, 0.717) is 0 Å². The Kier molecular flexibility index (Phi) is 2.72. The predicted molar refractivity (Wildman–Crippen MR) is 68.2 cm³/mol. The van der Waals surface area contributed by atoms with E-state index in [2.05, 4.69) is 10.5 Å². The van der Waals surface area contributed by atoms with E-state index in [4.69, 9.17) is 4.84 Å². The second kappa shape index (κ2) is 4.38. The van der Waals surface area contributed by atoms with Gasteiger partial charge in [0.2, 0.25) is 0 Å². The van der Waals surface area contributed by atoms with Crippen molar-refractivity contribution in [3.05, 3.63) is 41.1 Å². The summed E-state index contributed by atoms with van der Waals surface area (Å²) in [4.78, 5) is 21.5. The Morgan fingerprint density at radius 2 is 2.17 bits per heavy atom. The van der Waals surface area contributed by atoms with Crippen molar-refractivity contribution < 1.29 is 9.63 Å². The van der Waals surface area contributed by atoms with Crippen molar-refractivity contribution in [3.8, 4) is 0 Å². The van der Waals surface area contributed by atoms with Crippen molar-refractivity contribution in [2.24, 2.45) is 0 Å². The van der Waals surface area contributed by atoms with Crippen molar-refractivity contribution >= 4 is 16.8 Å². The van der Waals surface area contributed by atoms with E-state index in [1.807, 2.05) is 24.3 Å². The zero-order valence-electron chi connectivity index (χ0n) is 10.2. The number of rotatable bonds is 2. The lowest BCUT2D eigenvalue weighted by Crippen LogP contribution is -2.23. The number of nitrogens with zero attached hydrogens (tertiary/aromatic N) is 1. The first-order chi connectivity index (χ1) is 8.81. The number of hydrogen-bond acceptors (Lipinski definition) is 3. The highest BCUT2D eigenvalue weighted by molar-refractivity contribution is 6.07. The normalized spacial score (nSPS) is 13.6. The summed E-state index contributed by atoms with van der Waals surface area (Å²) in [7, 11) is 1.45. The molecule has 2 aromatic rings. The van der Waals surface area contributed by atoms with Crippen LogP contribution in [0.1, 0.15) is 28.0 Å². The van der Waals surface area contributed by atoms with Crippen LogP contribution in [0.3, 0.4) is 0 Å². The Bertz CT molecular complexity index is 622. The molecule has 0 radical (unpaired) electrons. The summed E-state index contributed by atoms with van der Waals surface area (Å²) in [6, 6.07) is 7.74.